The van der Waals surface area contributed by atoms with Crippen LogP contribution in [0.4, 0.5) is 0 Å². The highest BCUT2D eigenvalue weighted by molar-refractivity contribution is 5.45. The first kappa shape index (κ1) is 6.60. The topological polar surface area (TPSA) is 0 Å². The Morgan fingerprint density at radius 3 is 2.67 bits per heavy atom. The smallest absolute Gasteiger partial charge is 0.0138 e. The van der Waals surface area contributed by atoms with E-state index in [0.717, 1.165) is 6.42 Å². The van der Waals surface area contributed by atoms with Crippen LogP contribution in [-0.2, 0) is 0 Å². The van der Waals surface area contributed by atoms with Gasteiger partial charge < -0.3 is 6.92 Å². The number of rotatable bonds is 3. The van der Waals surface area contributed by atoms with Crippen LogP contribution in [0.1, 0.15) is 19.8 Å². The number of allylic oxidation sites excluding steroid dienone is 3. The van der Waals surface area contributed by atoms with Crippen LogP contribution >= 0.6 is 0 Å². The van der Waals surface area contributed by atoms with E-state index in [2.05, 4.69) is 26.5 Å². The van der Waals surface area contributed by atoms with E-state index in [1.165, 1.54) is 12.0 Å². The van der Waals surface area contributed by atoms with Gasteiger partial charge in [0.05, 0.1) is 0 Å². The molecule has 1 unspecified atom stereocenters. The third-order valence-corrected chi connectivity index (χ3v) is 2.22. The Balaban J connectivity index is 2.52. The van der Waals surface area contributed by atoms with Crippen molar-refractivity contribution in [3.63, 3.8) is 0 Å². The van der Waals surface area contributed by atoms with Crippen molar-refractivity contribution in [2.75, 3.05) is 0 Å². The zero-order valence-corrected chi connectivity index (χ0v) is 5.98. The lowest BCUT2D eigenvalue weighted by molar-refractivity contribution is 0.543. The second-order valence-electron chi connectivity index (χ2n) is 2.56. The molecular weight excluding hydrogens is 108 g/mol. The van der Waals surface area contributed by atoms with E-state index in [9.17, 15) is 0 Å². The molecule has 0 radical (unpaired) electrons. The van der Waals surface area contributed by atoms with E-state index in [-0.39, 0.29) is 0 Å². The van der Waals surface area contributed by atoms with Gasteiger partial charge in [0.25, 0.3) is 0 Å². The summed E-state index contributed by atoms with van der Waals surface area (Å²) in [7, 11) is 0. The molecule has 0 fully saturated rings. The van der Waals surface area contributed by atoms with Gasteiger partial charge in [0.15, 0.2) is 0 Å². The maximum Gasteiger partial charge on any atom is -0.0138 e. The lowest BCUT2D eigenvalue weighted by atomic mass is 9.94. The maximum atomic E-state index is 3.89. The minimum Gasteiger partial charge on any atom is -0.342 e. The van der Waals surface area contributed by atoms with Gasteiger partial charge in [-0.05, 0) is 17.4 Å². The molecule has 0 heterocycles. The van der Waals surface area contributed by atoms with Gasteiger partial charge in [0.1, 0.15) is 0 Å². The molecule has 0 aromatic carbocycles. The fourth-order valence-corrected chi connectivity index (χ4v) is 1.22. The third kappa shape index (κ3) is 0.827. The highest BCUT2D eigenvalue weighted by Crippen LogP contribution is 2.50. The predicted molar refractivity (Wildman–Crippen MR) is 41.0 cm³/mol. The van der Waals surface area contributed by atoms with E-state index in [0.29, 0.717) is 5.41 Å². The summed E-state index contributed by atoms with van der Waals surface area (Å²) in [5.41, 5.74) is 1.75. The lowest BCUT2D eigenvalue weighted by Gasteiger charge is -2.14. The van der Waals surface area contributed by atoms with Crippen LogP contribution in [0.25, 0.3) is 0 Å². The van der Waals surface area contributed by atoms with Gasteiger partial charge in [0.2, 0.25) is 0 Å². The molecule has 0 amide bonds. The summed E-state index contributed by atoms with van der Waals surface area (Å²) in [6.45, 7) is 9.80. The minimum absolute atomic E-state index is 0.363. The molecule has 1 aliphatic rings. The molecule has 0 N–H and O–H groups in total. The minimum atomic E-state index is 0.363. The van der Waals surface area contributed by atoms with Gasteiger partial charge in [-0.15, -0.1) is 0 Å². The summed E-state index contributed by atoms with van der Waals surface area (Å²) < 4.78 is 0. The van der Waals surface area contributed by atoms with Crippen molar-refractivity contribution in [2.24, 2.45) is 5.41 Å². The van der Waals surface area contributed by atoms with Crippen LogP contribution in [0.2, 0.25) is 0 Å². The Labute approximate surface area is 57.3 Å². The molecule has 0 spiro atoms. The molecule has 0 saturated carbocycles. The molecule has 50 valence electrons. The first-order valence-electron chi connectivity index (χ1n) is 3.44. The van der Waals surface area contributed by atoms with Gasteiger partial charge in [-0.2, -0.15) is 6.42 Å². The molecule has 0 aromatic heterocycles. The molecular formula is C9H13-. The molecule has 0 bridgehead atoms. The summed E-state index contributed by atoms with van der Waals surface area (Å²) in [4.78, 5) is 0. The molecule has 0 aromatic rings. The number of hydrogen-bond donors (Lipinski definition) is 0. The molecule has 0 saturated heterocycles. The fraction of sp³-hybridized carbons (Fsp3) is 0.444. The summed E-state index contributed by atoms with van der Waals surface area (Å²) in [6.07, 6.45) is 6.37. The van der Waals surface area contributed by atoms with Gasteiger partial charge in [-0.25, -0.2) is 0 Å². The molecule has 9 heavy (non-hydrogen) atoms. The zero-order valence-electron chi connectivity index (χ0n) is 5.98. The average Bonchev–Trinajstić information content (AvgIpc) is 2.63. The summed E-state index contributed by atoms with van der Waals surface area (Å²) in [6, 6.07) is 0. The monoisotopic (exact) mass is 121 g/mol. The molecule has 0 aliphatic heterocycles. The van der Waals surface area contributed by atoms with Crippen molar-refractivity contribution in [3.05, 3.63) is 31.2 Å². The molecule has 1 aliphatic carbocycles. The van der Waals surface area contributed by atoms with Crippen molar-refractivity contribution in [3.8, 4) is 0 Å². The Kier molecular flexibility index (Phi) is 1.48. The molecule has 0 nitrogen and oxygen atoms in total. The number of hydrogen-bond acceptors (Lipinski definition) is 0. The van der Waals surface area contributed by atoms with Crippen molar-refractivity contribution in [1.82, 2.24) is 0 Å². The molecule has 1 rings (SSSR count). The van der Waals surface area contributed by atoms with E-state index >= 15 is 0 Å². The van der Waals surface area contributed by atoms with Crippen LogP contribution in [0.15, 0.2) is 24.3 Å². The average molecular weight is 121 g/mol. The highest BCUT2D eigenvalue weighted by Gasteiger charge is 2.35. The van der Waals surface area contributed by atoms with Crippen molar-refractivity contribution >= 4 is 0 Å². The first-order valence-corrected chi connectivity index (χ1v) is 3.44. The van der Waals surface area contributed by atoms with Crippen molar-refractivity contribution < 1.29 is 0 Å². The lowest BCUT2D eigenvalue weighted by Crippen LogP contribution is -1.99. The SMILES string of the molecule is C=CC1=CC1(C[CH2-])CC. The Hall–Kier alpha value is -0.520. The summed E-state index contributed by atoms with van der Waals surface area (Å²) in [5, 5.41) is 0. The standard InChI is InChI=1S/C9H13/c1-4-8-7-9(8,5-2)6-3/h4,7H,1-2,5-6H2,3H3/q-1. The first-order chi connectivity index (χ1) is 4.29. The van der Waals surface area contributed by atoms with Gasteiger partial charge in [0, 0.05) is 0 Å². The quantitative estimate of drug-likeness (QED) is 0.504. The molecule has 1 atom stereocenters. The van der Waals surface area contributed by atoms with E-state index in [1.807, 2.05) is 6.08 Å². The predicted octanol–water partition coefficient (Wildman–Crippen LogP) is 2.73. The fourth-order valence-electron chi connectivity index (χ4n) is 1.22. The zero-order chi connectivity index (χ0) is 6.91. The van der Waals surface area contributed by atoms with Crippen LogP contribution in [0, 0.1) is 12.3 Å². The van der Waals surface area contributed by atoms with Gasteiger partial charge in [-0.1, -0.05) is 25.7 Å². The molecule has 0 heteroatoms. The highest BCUT2D eigenvalue weighted by atomic mass is 14.4. The largest absolute Gasteiger partial charge is 0.342 e. The third-order valence-electron chi connectivity index (χ3n) is 2.22. The normalized spacial score (nSPS) is 31.6. The maximum absolute atomic E-state index is 3.89. The van der Waals surface area contributed by atoms with E-state index < -0.39 is 0 Å². The van der Waals surface area contributed by atoms with E-state index in [4.69, 9.17) is 0 Å². The second kappa shape index (κ2) is 2.02. The van der Waals surface area contributed by atoms with Crippen molar-refractivity contribution in [2.45, 2.75) is 19.8 Å². The van der Waals surface area contributed by atoms with Gasteiger partial charge in [-0.3, -0.25) is 0 Å². The Morgan fingerprint density at radius 1 is 1.89 bits per heavy atom. The van der Waals surface area contributed by atoms with Crippen LogP contribution in [-0.4, -0.2) is 0 Å². The van der Waals surface area contributed by atoms with Crippen LogP contribution in [0.5, 0.6) is 0 Å². The second-order valence-corrected chi connectivity index (χ2v) is 2.56. The van der Waals surface area contributed by atoms with Crippen LogP contribution in [0.3, 0.4) is 0 Å². The Morgan fingerprint density at radius 2 is 2.56 bits per heavy atom. The summed E-state index contributed by atoms with van der Waals surface area (Å²) in [5.74, 6) is 0. The van der Waals surface area contributed by atoms with E-state index in [1.54, 1.807) is 0 Å². The summed E-state index contributed by atoms with van der Waals surface area (Å²) >= 11 is 0. The van der Waals surface area contributed by atoms with Gasteiger partial charge >= 0.3 is 0 Å². The Bertz CT molecular complexity index is 147. The van der Waals surface area contributed by atoms with Crippen molar-refractivity contribution in [1.29, 1.82) is 0 Å². The van der Waals surface area contributed by atoms with Crippen LogP contribution < -0.4 is 0 Å².